The van der Waals surface area contributed by atoms with Gasteiger partial charge in [-0.1, -0.05) is 39.8 Å². The maximum absolute atomic E-state index is 13.2. The molecule has 1 saturated heterocycles. The van der Waals surface area contributed by atoms with E-state index in [4.69, 9.17) is 17.0 Å². The molecule has 11 heteroatoms. The van der Waals surface area contributed by atoms with Gasteiger partial charge < -0.3 is 4.74 Å². The van der Waals surface area contributed by atoms with Crippen molar-refractivity contribution in [3.63, 3.8) is 0 Å². The lowest BCUT2D eigenvalue weighted by Gasteiger charge is -2.16. The third kappa shape index (κ3) is 3.61. The first kappa shape index (κ1) is 22.2. The fourth-order valence-electron chi connectivity index (χ4n) is 3.38. The van der Waals surface area contributed by atoms with Crippen molar-refractivity contribution in [1.82, 2.24) is 10.4 Å². The summed E-state index contributed by atoms with van der Waals surface area (Å²) < 4.78 is 5.91. The SMILES string of the molecule is COc1ccccc1C(=O)NN1C(=O)C(=C2C(=O)N(C(C)=O)c3ccc(Br)cc32)SC1=S. The zero-order valence-electron chi connectivity index (χ0n) is 16.7. The molecule has 4 rings (SSSR count). The second-order valence-electron chi connectivity index (χ2n) is 6.67. The number of rotatable bonds is 3. The highest BCUT2D eigenvalue weighted by atomic mass is 79.9. The highest BCUT2D eigenvalue weighted by Gasteiger charge is 2.44. The van der Waals surface area contributed by atoms with Gasteiger partial charge >= 0.3 is 0 Å². The summed E-state index contributed by atoms with van der Waals surface area (Å²) in [7, 11) is 1.43. The number of hydrogen-bond acceptors (Lipinski definition) is 7. The van der Waals surface area contributed by atoms with Crippen LogP contribution >= 0.6 is 39.9 Å². The fourth-order valence-corrected chi connectivity index (χ4v) is 4.99. The lowest BCUT2D eigenvalue weighted by atomic mass is 10.1. The summed E-state index contributed by atoms with van der Waals surface area (Å²) in [5.41, 5.74) is 3.55. The van der Waals surface area contributed by atoms with E-state index in [9.17, 15) is 19.2 Å². The quantitative estimate of drug-likeness (QED) is 0.479. The minimum Gasteiger partial charge on any atom is -0.496 e. The number of anilines is 1. The summed E-state index contributed by atoms with van der Waals surface area (Å²) in [6.07, 6.45) is 0. The summed E-state index contributed by atoms with van der Waals surface area (Å²) in [6.45, 7) is 1.27. The summed E-state index contributed by atoms with van der Waals surface area (Å²) in [6, 6.07) is 11.5. The normalized spacial score (nSPS) is 17.7. The predicted molar refractivity (Wildman–Crippen MR) is 127 cm³/mol. The van der Waals surface area contributed by atoms with E-state index in [0.29, 0.717) is 21.5 Å². The second-order valence-corrected chi connectivity index (χ2v) is 9.23. The molecule has 4 amide bonds. The van der Waals surface area contributed by atoms with E-state index in [-0.39, 0.29) is 20.4 Å². The number of nitrogens with one attached hydrogen (secondary N) is 1. The third-order valence-corrected chi connectivity index (χ3v) is 6.63. The molecule has 2 heterocycles. The van der Waals surface area contributed by atoms with Crippen molar-refractivity contribution in [2.24, 2.45) is 0 Å². The predicted octanol–water partition coefficient (Wildman–Crippen LogP) is 3.27. The second kappa shape index (κ2) is 8.49. The topological polar surface area (TPSA) is 96.0 Å². The molecule has 162 valence electrons. The van der Waals surface area contributed by atoms with E-state index in [2.05, 4.69) is 21.4 Å². The molecule has 0 aliphatic carbocycles. The van der Waals surface area contributed by atoms with E-state index < -0.39 is 23.6 Å². The molecule has 2 aliphatic rings. The van der Waals surface area contributed by atoms with Crippen molar-refractivity contribution in [2.45, 2.75) is 6.92 Å². The Labute approximate surface area is 200 Å². The lowest BCUT2D eigenvalue weighted by Crippen LogP contribution is -2.45. The molecule has 1 N–H and O–H groups in total. The number of thioether (sulfide) groups is 1. The van der Waals surface area contributed by atoms with E-state index in [1.807, 2.05) is 0 Å². The van der Waals surface area contributed by atoms with Crippen LogP contribution in [0.5, 0.6) is 5.75 Å². The van der Waals surface area contributed by atoms with Crippen LogP contribution in [0.25, 0.3) is 5.57 Å². The number of hydrazine groups is 1. The molecule has 0 unspecified atom stereocenters. The minimum absolute atomic E-state index is 0.0310. The van der Waals surface area contributed by atoms with Crippen molar-refractivity contribution in [3.8, 4) is 5.75 Å². The van der Waals surface area contributed by atoms with Crippen LogP contribution in [0.2, 0.25) is 0 Å². The molecule has 2 aromatic rings. The van der Waals surface area contributed by atoms with Crippen LogP contribution in [0.3, 0.4) is 0 Å². The van der Waals surface area contributed by atoms with Crippen LogP contribution < -0.4 is 15.1 Å². The van der Waals surface area contributed by atoms with Crippen LogP contribution in [0.4, 0.5) is 5.69 Å². The number of amides is 4. The van der Waals surface area contributed by atoms with Gasteiger partial charge in [-0.25, -0.2) is 4.90 Å². The van der Waals surface area contributed by atoms with Gasteiger partial charge in [-0.2, -0.15) is 5.01 Å². The molecule has 0 radical (unpaired) electrons. The van der Waals surface area contributed by atoms with Crippen molar-refractivity contribution < 1.29 is 23.9 Å². The van der Waals surface area contributed by atoms with Gasteiger partial charge in [0.2, 0.25) is 5.91 Å². The van der Waals surface area contributed by atoms with Gasteiger partial charge in [0.25, 0.3) is 17.7 Å². The van der Waals surface area contributed by atoms with Crippen LogP contribution in [0.15, 0.2) is 51.8 Å². The van der Waals surface area contributed by atoms with Gasteiger partial charge in [0, 0.05) is 17.0 Å². The van der Waals surface area contributed by atoms with E-state index >= 15 is 0 Å². The largest absolute Gasteiger partial charge is 0.496 e. The number of halogens is 1. The number of para-hydroxylation sites is 1. The van der Waals surface area contributed by atoms with Crippen molar-refractivity contribution in [3.05, 3.63) is 63.0 Å². The van der Waals surface area contributed by atoms with Crippen LogP contribution in [-0.4, -0.2) is 40.1 Å². The maximum Gasteiger partial charge on any atom is 0.286 e. The first-order valence-corrected chi connectivity index (χ1v) is 11.2. The summed E-state index contributed by atoms with van der Waals surface area (Å²) >= 11 is 9.53. The van der Waals surface area contributed by atoms with E-state index in [0.717, 1.165) is 21.7 Å². The monoisotopic (exact) mass is 531 g/mol. The highest BCUT2D eigenvalue weighted by molar-refractivity contribution is 9.10. The minimum atomic E-state index is -0.664. The number of benzene rings is 2. The Kier molecular flexibility index (Phi) is 5.89. The molecule has 32 heavy (non-hydrogen) atoms. The van der Waals surface area contributed by atoms with Crippen LogP contribution in [0.1, 0.15) is 22.8 Å². The Morgan fingerprint density at radius 3 is 2.53 bits per heavy atom. The highest BCUT2D eigenvalue weighted by Crippen LogP contribution is 2.45. The lowest BCUT2D eigenvalue weighted by molar-refractivity contribution is -0.125. The third-order valence-electron chi connectivity index (χ3n) is 4.76. The van der Waals surface area contributed by atoms with Crippen molar-refractivity contribution in [1.29, 1.82) is 0 Å². The standard InChI is InChI=1S/C21H14BrN3O5S2/c1-10(26)24-14-8-7-11(22)9-13(14)16(19(24)28)17-20(29)25(21(31)32-17)23-18(27)12-5-3-4-6-15(12)30-2/h3-9H,1-2H3,(H,23,27). The summed E-state index contributed by atoms with van der Waals surface area (Å²) in [4.78, 5) is 52.2. The van der Waals surface area contributed by atoms with Gasteiger partial charge in [-0.15, -0.1) is 0 Å². The Morgan fingerprint density at radius 1 is 1.12 bits per heavy atom. The Morgan fingerprint density at radius 2 is 1.84 bits per heavy atom. The maximum atomic E-state index is 13.2. The number of ether oxygens (including phenoxy) is 1. The first-order chi connectivity index (χ1) is 15.2. The number of imide groups is 1. The average molecular weight is 532 g/mol. The van der Waals surface area contributed by atoms with Gasteiger partial charge in [-0.3, -0.25) is 24.6 Å². The first-order valence-electron chi connectivity index (χ1n) is 9.14. The van der Waals surface area contributed by atoms with Gasteiger partial charge in [-0.05, 0) is 42.5 Å². The molecule has 2 aromatic carbocycles. The van der Waals surface area contributed by atoms with Crippen molar-refractivity contribution in [2.75, 3.05) is 12.0 Å². The molecular weight excluding hydrogens is 518 g/mol. The Bertz CT molecular complexity index is 1260. The molecule has 0 aromatic heterocycles. The zero-order chi connectivity index (χ0) is 23.2. The van der Waals surface area contributed by atoms with Crippen LogP contribution in [0, 0.1) is 0 Å². The molecular formula is C21H14BrN3O5S2. The molecule has 0 spiro atoms. The molecule has 0 atom stereocenters. The van der Waals surface area contributed by atoms with Gasteiger partial charge in [0.1, 0.15) is 5.75 Å². The molecule has 1 fully saturated rings. The van der Waals surface area contributed by atoms with Gasteiger partial charge in [0.15, 0.2) is 4.32 Å². The molecule has 8 nitrogen and oxygen atoms in total. The fraction of sp³-hybridized carbons (Fsp3) is 0.0952. The Hall–Kier alpha value is -3.02. The molecule has 0 saturated carbocycles. The van der Waals surface area contributed by atoms with Crippen LogP contribution in [-0.2, 0) is 14.4 Å². The number of methoxy groups -OCH3 is 1. The van der Waals surface area contributed by atoms with Gasteiger partial charge in [0.05, 0.1) is 28.8 Å². The number of thiocarbonyl (C=S) groups is 1. The average Bonchev–Trinajstić information content (AvgIpc) is 3.20. The zero-order valence-corrected chi connectivity index (χ0v) is 19.9. The Balaban J connectivity index is 1.73. The molecule has 2 aliphatic heterocycles. The number of nitrogens with zero attached hydrogens (tertiary/aromatic N) is 2. The number of fused-ring (bicyclic) bond motifs is 1. The van der Waals surface area contributed by atoms with E-state index in [1.165, 1.54) is 14.0 Å². The van der Waals surface area contributed by atoms with Crippen molar-refractivity contribution >= 4 is 79.1 Å². The summed E-state index contributed by atoms with van der Waals surface area (Å²) in [5, 5.41) is 0.915. The number of hydrogen-bond donors (Lipinski definition) is 1. The van der Waals surface area contributed by atoms with E-state index in [1.54, 1.807) is 42.5 Å². The summed E-state index contributed by atoms with van der Waals surface area (Å²) in [5.74, 6) is -2.04. The smallest absolute Gasteiger partial charge is 0.286 e. The number of carbonyl (C=O) groups excluding carboxylic acids is 4. The number of carbonyl (C=O) groups is 4. The molecule has 0 bridgehead atoms.